The molecule has 0 saturated carbocycles. The van der Waals surface area contributed by atoms with E-state index >= 15 is 4.79 Å². The van der Waals surface area contributed by atoms with Crippen LogP contribution in [0.15, 0.2) is 69.9 Å². The van der Waals surface area contributed by atoms with Crippen LogP contribution in [0.5, 0.6) is 34.5 Å². The summed E-state index contributed by atoms with van der Waals surface area (Å²) in [6.45, 7) is 3.27. The summed E-state index contributed by atoms with van der Waals surface area (Å²) in [5, 5.41) is 139. The SMILES string of the molecule is COc1cc(-c2oc3c(O[C@H]4O[C@@H](C)[C@H](O)[C@@H](O)[C@H]4O)ccc(O)c3c(=O)c2O[C@@H]2O[C@H](CO[C@@H]3O[C@@H](C)[C@H](O)[C@@H](O)[C@H]3O)[C@H](OC(=O)/C=C/c3ccc(O)cc3)[C@H](O)[C@H]2O[C@H]2O[C@@H](C)[C@H](O)[C@@H](O)[C@H]2O)ccc1O. The van der Waals surface area contributed by atoms with Crippen molar-refractivity contribution in [2.45, 2.75) is 144 Å². The van der Waals surface area contributed by atoms with Crippen LogP contribution in [0.3, 0.4) is 0 Å². The fourth-order valence-electron chi connectivity index (χ4n) is 8.76. The van der Waals surface area contributed by atoms with Gasteiger partial charge in [0.05, 0.1) is 32.0 Å². The van der Waals surface area contributed by atoms with Crippen LogP contribution in [0.2, 0.25) is 0 Å². The van der Waals surface area contributed by atoms with Crippen molar-refractivity contribution < 1.29 is 123 Å². The number of aliphatic hydroxyl groups excluding tert-OH is 10. The van der Waals surface area contributed by atoms with Crippen LogP contribution in [-0.4, -0.2) is 209 Å². The van der Waals surface area contributed by atoms with Crippen LogP contribution in [0.4, 0.5) is 0 Å². The van der Waals surface area contributed by atoms with Gasteiger partial charge in [0.1, 0.15) is 84.0 Å². The van der Waals surface area contributed by atoms with Gasteiger partial charge < -0.3 is 118 Å². The first kappa shape index (κ1) is 55.5. The molecule has 4 fully saturated rings. The molecule has 26 nitrogen and oxygen atoms in total. The number of phenolic OH excluding ortho intramolecular Hbond substituents is 3. The molecule has 0 amide bonds. The number of esters is 1. The molecule has 1 aromatic heterocycles. The lowest BCUT2D eigenvalue weighted by atomic mass is 9.97. The van der Waals surface area contributed by atoms with Crippen molar-refractivity contribution >= 4 is 23.0 Å². The van der Waals surface area contributed by atoms with Crippen molar-refractivity contribution in [2.24, 2.45) is 0 Å². The summed E-state index contributed by atoms with van der Waals surface area (Å²) < 4.78 is 64.8. The summed E-state index contributed by atoms with van der Waals surface area (Å²) in [4.78, 5) is 28.7. The maximum absolute atomic E-state index is 15.1. The quantitative estimate of drug-likeness (QED) is 0.0477. The molecule has 4 aliphatic heterocycles. The summed E-state index contributed by atoms with van der Waals surface area (Å²) in [5.41, 5.74) is -1.41. The molecule has 8 rings (SSSR count). The third-order valence-electron chi connectivity index (χ3n) is 13.2. The minimum atomic E-state index is -2.20. The number of aliphatic hydroxyl groups is 10. The summed E-state index contributed by atoms with van der Waals surface area (Å²) in [6, 6.07) is 11.4. The average Bonchev–Trinajstić information content (AvgIpc) is 3.39. The standard InChI is InChI=1S/C49H58O26/c1-17-30(54)34(58)37(61)46(67-17)66-16-27-43(72-28(53)14-7-20-5-9-22(50)10-6-20)40(64)45(75-48-39(63)36(60)32(56)19(3)69-48)49(71-27)74-44-33(57)29-24(52)12-13-25(70-47-38(62)35(59)31(55)18(2)68-47)42(29)73-41(44)21-8-11-23(51)26(15-21)65-4/h5-15,17-19,27,30-32,34-40,43,45-52,54-56,58-64H,16H2,1-4H3/b14-7+/t17-,18-,19-,27+,30-,31-,32-,34+,35+,36+,37+,38+,39+,40-,43-,45+,46+,47+,48+,49-/m0/s1. The summed E-state index contributed by atoms with van der Waals surface area (Å²) >= 11 is 0. The fraction of sp³-hybridized carbons (Fsp3) is 0.510. The Hall–Kier alpha value is -5.76. The molecule has 0 spiro atoms. The molecule has 4 saturated heterocycles. The zero-order valence-corrected chi connectivity index (χ0v) is 40.2. The van der Waals surface area contributed by atoms with Gasteiger partial charge in [-0.05, 0) is 74.9 Å². The number of carbonyl (C=O) groups is 1. The van der Waals surface area contributed by atoms with Crippen molar-refractivity contribution in [3.63, 3.8) is 0 Å². The van der Waals surface area contributed by atoms with Gasteiger partial charge in [0.25, 0.3) is 0 Å². The number of methoxy groups -OCH3 is 1. The second-order valence-corrected chi connectivity index (χ2v) is 18.3. The van der Waals surface area contributed by atoms with Crippen LogP contribution in [0.25, 0.3) is 28.4 Å². The Morgan fingerprint density at radius 2 is 1.17 bits per heavy atom. The summed E-state index contributed by atoms with van der Waals surface area (Å²) in [7, 11) is 1.21. The normalized spacial score (nSPS) is 36.3. The molecule has 3 aromatic carbocycles. The van der Waals surface area contributed by atoms with Crippen molar-refractivity contribution in [1.82, 2.24) is 0 Å². The van der Waals surface area contributed by atoms with E-state index < -0.39 is 169 Å². The first-order valence-electron chi connectivity index (χ1n) is 23.5. The fourth-order valence-corrected chi connectivity index (χ4v) is 8.76. The number of fused-ring (bicyclic) bond motifs is 1. The van der Waals surface area contributed by atoms with Crippen LogP contribution in [0, 0.1) is 0 Å². The lowest BCUT2D eigenvalue weighted by Gasteiger charge is -2.47. The highest BCUT2D eigenvalue weighted by molar-refractivity contribution is 5.91. The van der Waals surface area contributed by atoms with Gasteiger partial charge in [0.2, 0.25) is 23.8 Å². The molecule has 4 aromatic rings. The largest absolute Gasteiger partial charge is 0.508 e. The summed E-state index contributed by atoms with van der Waals surface area (Å²) in [6.07, 6.45) is -32.6. The molecule has 0 aliphatic carbocycles. The number of aromatic hydroxyl groups is 3. The van der Waals surface area contributed by atoms with Gasteiger partial charge in [0, 0.05) is 11.6 Å². The molecular weight excluding hydrogens is 1000 g/mol. The van der Waals surface area contributed by atoms with Gasteiger partial charge in [-0.15, -0.1) is 0 Å². The van der Waals surface area contributed by atoms with E-state index in [1.54, 1.807) is 0 Å². The van der Waals surface area contributed by atoms with E-state index in [4.69, 9.17) is 51.8 Å². The number of rotatable bonds is 14. The molecule has 5 heterocycles. The molecule has 13 N–H and O–H groups in total. The minimum absolute atomic E-state index is 0.0642. The smallest absolute Gasteiger partial charge is 0.331 e. The van der Waals surface area contributed by atoms with Crippen LogP contribution < -0.4 is 19.6 Å². The first-order chi connectivity index (χ1) is 35.6. The van der Waals surface area contributed by atoms with Gasteiger partial charge in [-0.2, -0.15) is 0 Å². The van der Waals surface area contributed by atoms with Crippen molar-refractivity contribution in [3.8, 4) is 45.8 Å². The third-order valence-corrected chi connectivity index (χ3v) is 13.2. The Morgan fingerprint density at radius 3 is 1.80 bits per heavy atom. The molecule has 0 unspecified atom stereocenters. The van der Waals surface area contributed by atoms with E-state index in [9.17, 15) is 71.2 Å². The second kappa shape index (κ2) is 22.8. The van der Waals surface area contributed by atoms with Gasteiger partial charge in [-0.3, -0.25) is 4.79 Å². The molecule has 20 atom stereocenters. The first-order valence-corrected chi connectivity index (χ1v) is 23.5. The molecule has 4 aliphatic rings. The Kier molecular flexibility index (Phi) is 16.9. The van der Waals surface area contributed by atoms with E-state index in [1.807, 2.05) is 0 Å². The zero-order chi connectivity index (χ0) is 54.3. The number of phenols is 3. The highest BCUT2D eigenvalue weighted by atomic mass is 16.8. The van der Waals surface area contributed by atoms with Crippen molar-refractivity contribution in [2.75, 3.05) is 13.7 Å². The minimum Gasteiger partial charge on any atom is -0.508 e. The number of hydrogen-bond donors (Lipinski definition) is 13. The van der Waals surface area contributed by atoms with Crippen LogP contribution >= 0.6 is 0 Å². The Bertz CT molecular complexity index is 2710. The van der Waals surface area contributed by atoms with Gasteiger partial charge >= 0.3 is 5.97 Å². The molecule has 26 heteroatoms. The van der Waals surface area contributed by atoms with E-state index in [1.165, 1.54) is 70.4 Å². The number of benzene rings is 3. The molecule has 75 heavy (non-hydrogen) atoms. The number of carbonyl (C=O) groups excluding carboxylic acids is 1. The highest BCUT2D eigenvalue weighted by Crippen LogP contribution is 2.43. The maximum atomic E-state index is 15.1. The van der Waals surface area contributed by atoms with Gasteiger partial charge in [-0.1, -0.05) is 12.1 Å². The van der Waals surface area contributed by atoms with Crippen LogP contribution in [0.1, 0.15) is 26.3 Å². The van der Waals surface area contributed by atoms with E-state index in [-0.39, 0.29) is 28.6 Å². The lowest BCUT2D eigenvalue weighted by Crippen LogP contribution is -2.65. The molecule has 410 valence electrons. The van der Waals surface area contributed by atoms with Crippen LogP contribution in [-0.2, 0) is 38.0 Å². The highest BCUT2D eigenvalue weighted by Gasteiger charge is 2.54. The molecule has 0 radical (unpaired) electrons. The Morgan fingerprint density at radius 1 is 0.600 bits per heavy atom. The Balaban J connectivity index is 1.25. The molecule has 0 bridgehead atoms. The lowest BCUT2D eigenvalue weighted by molar-refractivity contribution is -0.360. The van der Waals surface area contributed by atoms with Gasteiger partial charge in [-0.25, -0.2) is 4.79 Å². The Labute approximate surface area is 424 Å². The summed E-state index contributed by atoms with van der Waals surface area (Å²) in [5.74, 6) is -4.26. The topological polar surface area (TPSA) is 403 Å². The van der Waals surface area contributed by atoms with Crippen molar-refractivity contribution in [3.05, 3.63) is 76.5 Å². The predicted octanol–water partition coefficient (Wildman–Crippen LogP) is -2.06. The van der Waals surface area contributed by atoms with Crippen molar-refractivity contribution in [1.29, 1.82) is 0 Å². The predicted molar refractivity (Wildman–Crippen MR) is 249 cm³/mol. The maximum Gasteiger partial charge on any atom is 0.331 e. The number of ether oxygens (including phenoxy) is 10. The third kappa shape index (κ3) is 11.4. The average molecular weight is 1060 g/mol. The van der Waals surface area contributed by atoms with E-state index in [0.717, 1.165) is 24.3 Å². The number of hydrogen-bond acceptors (Lipinski definition) is 26. The monoisotopic (exact) mass is 1060 g/mol. The zero-order valence-electron chi connectivity index (χ0n) is 40.2. The van der Waals surface area contributed by atoms with Gasteiger partial charge in [0.15, 0.2) is 53.4 Å². The second-order valence-electron chi connectivity index (χ2n) is 18.3. The van der Waals surface area contributed by atoms with E-state index in [0.29, 0.717) is 5.56 Å². The van der Waals surface area contributed by atoms with E-state index in [2.05, 4.69) is 0 Å². The molecular formula is C49H58O26.